The van der Waals surface area contributed by atoms with Crippen molar-refractivity contribution >= 4 is 12.2 Å². The zero-order valence-electron chi connectivity index (χ0n) is 19.7. The molecule has 1 rings (SSSR count). The maximum absolute atomic E-state index is 10.6. The highest BCUT2D eigenvalue weighted by molar-refractivity contribution is 5.82. The lowest BCUT2D eigenvalue weighted by molar-refractivity contribution is 0.249. The van der Waals surface area contributed by atoms with Crippen molar-refractivity contribution in [2.75, 3.05) is 13.7 Å². The SMILES string of the molecule is CCCCCCCCCCCCCCCCOc1ccc(/C=N/NC(N)=O)cc1OC. The molecule has 0 atom stereocenters. The maximum Gasteiger partial charge on any atom is 0.332 e. The molecule has 2 amide bonds. The van der Waals surface area contributed by atoms with Crippen molar-refractivity contribution in [3.05, 3.63) is 23.8 Å². The zero-order chi connectivity index (χ0) is 22.6. The minimum atomic E-state index is -0.698. The van der Waals surface area contributed by atoms with Crippen LogP contribution >= 0.6 is 0 Å². The van der Waals surface area contributed by atoms with Crippen LogP contribution in [0.3, 0.4) is 0 Å². The van der Waals surface area contributed by atoms with E-state index in [1.807, 2.05) is 18.2 Å². The molecule has 0 heterocycles. The maximum atomic E-state index is 10.6. The number of methoxy groups -OCH3 is 1. The lowest BCUT2D eigenvalue weighted by Crippen LogP contribution is -2.24. The number of amides is 2. The second-order valence-electron chi connectivity index (χ2n) is 8.09. The highest BCUT2D eigenvalue weighted by atomic mass is 16.5. The summed E-state index contributed by atoms with van der Waals surface area (Å²) in [6.07, 6.45) is 20.3. The fourth-order valence-electron chi connectivity index (χ4n) is 3.53. The van der Waals surface area contributed by atoms with Crippen molar-refractivity contribution < 1.29 is 14.3 Å². The first kappa shape index (κ1) is 26.8. The lowest BCUT2D eigenvalue weighted by Gasteiger charge is -2.11. The molecule has 0 saturated carbocycles. The number of nitrogens with two attached hydrogens (primary N) is 1. The Balaban J connectivity index is 2.05. The van der Waals surface area contributed by atoms with Crippen molar-refractivity contribution in [2.24, 2.45) is 10.8 Å². The van der Waals surface area contributed by atoms with Crippen LogP contribution in [0.1, 0.15) is 102 Å². The monoisotopic (exact) mass is 433 g/mol. The quantitative estimate of drug-likeness (QED) is 0.147. The Hall–Kier alpha value is -2.24. The molecule has 0 aromatic heterocycles. The van der Waals surface area contributed by atoms with Crippen LogP contribution in [0.2, 0.25) is 0 Å². The molecule has 0 aliphatic rings. The van der Waals surface area contributed by atoms with Gasteiger partial charge >= 0.3 is 6.03 Å². The van der Waals surface area contributed by atoms with E-state index in [1.54, 1.807) is 7.11 Å². The third-order valence-electron chi connectivity index (χ3n) is 5.33. The van der Waals surface area contributed by atoms with Gasteiger partial charge in [-0.1, -0.05) is 90.4 Å². The summed E-state index contributed by atoms with van der Waals surface area (Å²) in [6.45, 7) is 2.96. The number of primary amides is 1. The lowest BCUT2D eigenvalue weighted by atomic mass is 10.0. The normalized spacial score (nSPS) is 11.0. The van der Waals surface area contributed by atoms with E-state index in [0.717, 1.165) is 17.7 Å². The molecule has 0 aliphatic carbocycles. The molecule has 0 aliphatic heterocycles. The second-order valence-corrected chi connectivity index (χ2v) is 8.09. The van der Waals surface area contributed by atoms with E-state index < -0.39 is 6.03 Å². The third kappa shape index (κ3) is 14.4. The molecule has 0 radical (unpaired) electrons. The number of ether oxygens (including phenoxy) is 2. The number of hydrogen-bond acceptors (Lipinski definition) is 4. The summed E-state index contributed by atoms with van der Waals surface area (Å²) in [5.41, 5.74) is 7.93. The van der Waals surface area contributed by atoms with E-state index in [4.69, 9.17) is 15.2 Å². The molecule has 0 spiro atoms. The first-order valence-electron chi connectivity index (χ1n) is 12.1. The van der Waals surface area contributed by atoms with Gasteiger partial charge in [-0.2, -0.15) is 5.10 Å². The summed E-state index contributed by atoms with van der Waals surface area (Å²) >= 11 is 0. The van der Waals surface area contributed by atoms with Crippen LogP contribution in [0.4, 0.5) is 4.79 Å². The molecule has 6 heteroatoms. The van der Waals surface area contributed by atoms with E-state index in [-0.39, 0.29) is 0 Å². The first-order chi connectivity index (χ1) is 15.2. The molecule has 1 aromatic carbocycles. The molecule has 0 fully saturated rings. The Morgan fingerprint density at radius 3 is 1.97 bits per heavy atom. The molecule has 176 valence electrons. The van der Waals surface area contributed by atoms with Gasteiger partial charge in [0.1, 0.15) is 0 Å². The largest absolute Gasteiger partial charge is 0.493 e. The number of carbonyl (C=O) groups excluding carboxylic acids is 1. The van der Waals surface area contributed by atoms with Crippen LogP contribution in [0.5, 0.6) is 11.5 Å². The van der Waals surface area contributed by atoms with E-state index in [0.29, 0.717) is 12.4 Å². The average molecular weight is 434 g/mol. The smallest absolute Gasteiger partial charge is 0.332 e. The second kappa shape index (κ2) is 18.5. The molecule has 0 saturated heterocycles. The molecule has 31 heavy (non-hydrogen) atoms. The Labute approximate surface area is 189 Å². The fraction of sp³-hybridized carbons (Fsp3) is 0.680. The molecule has 6 nitrogen and oxygen atoms in total. The molecular weight excluding hydrogens is 390 g/mol. The molecule has 0 bridgehead atoms. The number of carbonyl (C=O) groups is 1. The van der Waals surface area contributed by atoms with Crippen LogP contribution in [0, 0.1) is 0 Å². The Bertz CT molecular complexity index is 620. The van der Waals surface area contributed by atoms with Crippen LogP contribution in [0.25, 0.3) is 0 Å². The number of hydrazone groups is 1. The summed E-state index contributed by atoms with van der Waals surface area (Å²) in [7, 11) is 1.61. The average Bonchev–Trinajstić information content (AvgIpc) is 2.76. The van der Waals surface area contributed by atoms with Crippen molar-refractivity contribution in [1.29, 1.82) is 0 Å². The zero-order valence-corrected chi connectivity index (χ0v) is 19.7. The Morgan fingerprint density at radius 1 is 0.903 bits per heavy atom. The fourth-order valence-corrected chi connectivity index (χ4v) is 3.53. The summed E-state index contributed by atoms with van der Waals surface area (Å²) in [4.78, 5) is 10.6. The first-order valence-corrected chi connectivity index (χ1v) is 12.1. The van der Waals surface area contributed by atoms with Crippen molar-refractivity contribution in [3.8, 4) is 11.5 Å². The van der Waals surface area contributed by atoms with Crippen LogP contribution in [-0.4, -0.2) is 26.0 Å². The van der Waals surface area contributed by atoms with Gasteiger partial charge in [-0.25, -0.2) is 10.2 Å². The van der Waals surface area contributed by atoms with Crippen molar-refractivity contribution in [1.82, 2.24) is 5.43 Å². The number of rotatable bonds is 19. The number of nitrogens with one attached hydrogen (secondary N) is 1. The number of urea groups is 1. The van der Waals surface area contributed by atoms with E-state index in [1.165, 1.54) is 89.7 Å². The van der Waals surface area contributed by atoms with Crippen molar-refractivity contribution in [2.45, 2.75) is 96.8 Å². The highest BCUT2D eigenvalue weighted by Gasteiger charge is 2.05. The van der Waals surface area contributed by atoms with Gasteiger partial charge in [0.05, 0.1) is 19.9 Å². The summed E-state index contributed by atoms with van der Waals surface area (Å²) in [5.74, 6) is 1.37. The Morgan fingerprint density at radius 2 is 1.45 bits per heavy atom. The van der Waals surface area contributed by atoms with Gasteiger partial charge in [-0.05, 0) is 30.2 Å². The molecule has 1 aromatic rings. The highest BCUT2D eigenvalue weighted by Crippen LogP contribution is 2.27. The summed E-state index contributed by atoms with van der Waals surface area (Å²) in [6, 6.07) is 4.83. The number of nitrogens with zero attached hydrogens (tertiary/aromatic N) is 1. The van der Waals surface area contributed by atoms with Gasteiger partial charge < -0.3 is 15.2 Å². The van der Waals surface area contributed by atoms with Crippen LogP contribution in [0.15, 0.2) is 23.3 Å². The van der Waals surface area contributed by atoms with Gasteiger partial charge in [-0.15, -0.1) is 0 Å². The minimum absolute atomic E-state index is 0.647. The van der Waals surface area contributed by atoms with E-state index >= 15 is 0 Å². The van der Waals surface area contributed by atoms with Gasteiger partial charge in [0.25, 0.3) is 0 Å². The van der Waals surface area contributed by atoms with E-state index in [2.05, 4.69) is 17.5 Å². The van der Waals surface area contributed by atoms with Crippen LogP contribution < -0.4 is 20.6 Å². The van der Waals surface area contributed by atoms with Crippen molar-refractivity contribution in [3.63, 3.8) is 0 Å². The molecule has 0 unspecified atom stereocenters. The summed E-state index contributed by atoms with van der Waals surface area (Å²) in [5, 5.41) is 3.75. The number of hydrogen-bond donors (Lipinski definition) is 2. The van der Waals surface area contributed by atoms with Gasteiger partial charge in [-0.3, -0.25) is 0 Å². The minimum Gasteiger partial charge on any atom is -0.493 e. The van der Waals surface area contributed by atoms with Gasteiger partial charge in [0.2, 0.25) is 0 Å². The van der Waals surface area contributed by atoms with Gasteiger partial charge in [0.15, 0.2) is 11.5 Å². The Kier molecular flexibility index (Phi) is 16.0. The standard InChI is InChI=1S/C25H43N3O3/c1-3-4-5-6-7-8-9-10-11-12-13-14-15-16-19-31-23-18-17-22(20-24(23)30-2)21-27-28-25(26)29/h17-18,20-21H,3-16,19H2,1-2H3,(H3,26,28,29)/b27-21+. The predicted molar refractivity (Wildman–Crippen MR) is 129 cm³/mol. The van der Waals surface area contributed by atoms with Crippen LogP contribution in [-0.2, 0) is 0 Å². The number of benzene rings is 1. The molecule has 3 N–H and O–H groups in total. The number of unbranched alkanes of at least 4 members (excludes halogenated alkanes) is 13. The predicted octanol–water partition coefficient (Wildman–Crippen LogP) is 6.56. The topological polar surface area (TPSA) is 85.9 Å². The summed E-state index contributed by atoms with van der Waals surface area (Å²) < 4.78 is 11.3. The van der Waals surface area contributed by atoms with E-state index in [9.17, 15) is 4.79 Å². The van der Waals surface area contributed by atoms with Gasteiger partial charge in [0, 0.05) is 0 Å². The third-order valence-corrected chi connectivity index (χ3v) is 5.33. The molecular formula is C25H43N3O3.